The van der Waals surface area contributed by atoms with E-state index in [1.807, 2.05) is 0 Å². The number of aryl methyl sites for hydroxylation is 1. The van der Waals surface area contributed by atoms with E-state index in [4.69, 9.17) is 18.6 Å². The number of carbonyl (C=O) groups is 1. The Bertz CT molecular complexity index is 1410. The largest absolute Gasteiger partial charge is 0.462 e. The average molecular weight is 513 g/mol. The molecule has 1 aromatic heterocycles. The van der Waals surface area contributed by atoms with Gasteiger partial charge in [-0.05, 0) is 39.0 Å². The van der Waals surface area contributed by atoms with Gasteiger partial charge in [-0.3, -0.25) is 14.9 Å². The second kappa shape index (κ2) is 10.0. The summed E-state index contributed by atoms with van der Waals surface area (Å²) < 4.78 is 22.5. The van der Waals surface area contributed by atoms with Crippen molar-refractivity contribution in [1.29, 1.82) is 0 Å². The van der Waals surface area contributed by atoms with E-state index in [9.17, 15) is 29.9 Å². The zero-order chi connectivity index (χ0) is 27.1. The number of hydrogen-bond donors (Lipinski definition) is 2. The molecule has 1 aliphatic rings. The monoisotopic (exact) mass is 513 g/mol. The fourth-order valence-corrected chi connectivity index (χ4v) is 4.50. The van der Waals surface area contributed by atoms with Crippen molar-refractivity contribution in [2.45, 2.75) is 57.4 Å². The highest BCUT2D eigenvalue weighted by atomic mass is 16.7. The van der Waals surface area contributed by atoms with Crippen LogP contribution >= 0.6 is 0 Å². The van der Waals surface area contributed by atoms with E-state index in [-0.39, 0.29) is 34.6 Å². The summed E-state index contributed by atoms with van der Waals surface area (Å²) in [5, 5.41) is 32.5. The lowest BCUT2D eigenvalue weighted by molar-refractivity contribution is -0.384. The van der Waals surface area contributed by atoms with Gasteiger partial charge in [0.1, 0.15) is 29.6 Å². The molecule has 4 atom stereocenters. The van der Waals surface area contributed by atoms with E-state index < -0.39 is 46.5 Å². The maximum absolute atomic E-state index is 12.7. The molecule has 0 radical (unpaired) electrons. The Labute approximate surface area is 211 Å². The first-order valence-electron chi connectivity index (χ1n) is 11.5. The molecule has 37 heavy (non-hydrogen) atoms. The Balaban J connectivity index is 1.59. The van der Waals surface area contributed by atoms with Gasteiger partial charge in [0.2, 0.25) is 6.29 Å². The fraction of sp³-hybridized carbons (Fsp3) is 0.385. The van der Waals surface area contributed by atoms with Crippen LogP contribution in [0.25, 0.3) is 11.0 Å². The number of ketones is 1. The van der Waals surface area contributed by atoms with Gasteiger partial charge < -0.3 is 28.8 Å². The number of non-ortho nitro benzene ring substituents is 1. The van der Waals surface area contributed by atoms with Crippen LogP contribution in [0.15, 0.2) is 51.7 Å². The molecule has 1 aliphatic heterocycles. The molecule has 196 valence electrons. The van der Waals surface area contributed by atoms with Crippen molar-refractivity contribution in [2.75, 3.05) is 7.11 Å². The number of aliphatic hydroxyl groups is 2. The summed E-state index contributed by atoms with van der Waals surface area (Å²) in [7, 11) is 1.41. The molecule has 11 nitrogen and oxygen atoms in total. The van der Waals surface area contributed by atoms with Crippen LogP contribution < -0.4 is 10.4 Å². The van der Waals surface area contributed by atoms with Gasteiger partial charge in [-0.25, -0.2) is 4.79 Å². The first-order chi connectivity index (χ1) is 17.4. The Hall–Kier alpha value is -3.64. The highest BCUT2D eigenvalue weighted by Gasteiger charge is 2.50. The van der Waals surface area contributed by atoms with Crippen LogP contribution in [0.2, 0.25) is 0 Å². The van der Waals surface area contributed by atoms with Gasteiger partial charge in [-0.1, -0.05) is 12.1 Å². The van der Waals surface area contributed by atoms with Crippen LogP contribution in [0.1, 0.15) is 35.3 Å². The number of methoxy groups -OCH3 is 1. The number of nitro groups is 1. The summed E-state index contributed by atoms with van der Waals surface area (Å²) in [5.74, 6) is -0.204. The molecule has 0 bridgehead atoms. The summed E-state index contributed by atoms with van der Waals surface area (Å²) in [6.07, 6.45) is -4.95. The summed E-state index contributed by atoms with van der Waals surface area (Å²) in [5.41, 5.74) is -1.05. The van der Waals surface area contributed by atoms with Crippen molar-refractivity contribution >= 4 is 22.4 Å². The van der Waals surface area contributed by atoms with Crippen molar-refractivity contribution in [3.63, 3.8) is 0 Å². The van der Waals surface area contributed by atoms with Crippen LogP contribution in [0.5, 0.6) is 5.75 Å². The fourth-order valence-electron chi connectivity index (χ4n) is 4.50. The summed E-state index contributed by atoms with van der Waals surface area (Å²) in [6, 6.07) is 10.0. The zero-order valence-electron chi connectivity index (χ0n) is 20.7. The molecule has 2 heterocycles. The van der Waals surface area contributed by atoms with Gasteiger partial charge in [0.15, 0.2) is 5.78 Å². The van der Waals surface area contributed by atoms with Crippen molar-refractivity contribution in [3.05, 3.63) is 79.7 Å². The van der Waals surface area contributed by atoms with Gasteiger partial charge in [0.05, 0.1) is 10.5 Å². The lowest BCUT2D eigenvalue weighted by Crippen LogP contribution is -2.63. The number of carbonyl (C=O) groups excluding carboxylic acids is 1. The van der Waals surface area contributed by atoms with E-state index in [1.54, 1.807) is 32.9 Å². The highest BCUT2D eigenvalue weighted by Crippen LogP contribution is 2.34. The van der Waals surface area contributed by atoms with Crippen molar-refractivity contribution in [3.8, 4) is 5.75 Å². The van der Waals surface area contributed by atoms with Crippen LogP contribution in [-0.4, -0.2) is 58.2 Å². The van der Waals surface area contributed by atoms with Gasteiger partial charge >= 0.3 is 5.63 Å². The topological polar surface area (TPSA) is 159 Å². The Kier molecular flexibility index (Phi) is 7.16. The number of rotatable bonds is 7. The number of nitrogens with zero attached hydrogens (tertiary/aromatic N) is 1. The van der Waals surface area contributed by atoms with E-state index in [0.29, 0.717) is 10.9 Å². The van der Waals surface area contributed by atoms with Gasteiger partial charge in [0.25, 0.3) is 5.69 Å². The quantitative estimate of drug-likeness (QED) is 0.208. The molecule has 2 N–H and O–H groups in total. The van der Waals surface area contributed by atoms with Gasteiger partial charge in [-0.2, -0.15) is 0 Å². The molecule has 1 saturated heterocycles. The van der Waals surface area contributed by atoms with E-state index in [1.165, 1.54) is 31.4 Å². The second-order valence-electron chi connectivity index (χ2n) is 9.42. The SMILES string of the molecule is CO[C@@H]1[C@@H](O)[C@@H](O)[C@H](Oc2ccc3cc(CC(=O)c4cccc([N+](=O)[O-])c4)c(=O)oc3c2C)OC1(C)C. The molecule has 1 fully saturated rings. The molecular formula is C26H27NO10. The molecule has 4 rings (SSSR count). The molecule has 0 amide bonds. The first kappa shape index (κ1) is 26.4. The smallest absolute Gasteiger partial charge is 0.339 e. The van der Waals surface area contributed by atoms with E-state index in [0.717, 1.165) is 6.07 Å². The molecular weight excluding hydrogens is 486 g/mol. The minimum absolute atomic E-state index is 0.0959. The van der Waals surface area contributed by atoms with Gasteiger partial charge in [-0.15, -0.1) is 0 Å². The Morgan fingerprint density at radius 3 is 2.57 bits per heavy atom. The number of ether oxygens (including phenoxy) is 3. The summed E-state index contributed by atoms with van der Waals surface area (Å²) in [4.78, 5) is 35.8. The average Bonchev–Trinajstić information content (AvgIpc) is 2.85. The van der Waals surface area contributed by atoms with Crippen molar-refractivity contribution < 1.29 is 38.6 Å². The third kappa shape index (κ3) is 5.12. The molecule has 0 unspecified atom stereocenters. The minimum Gasteiger partial charge on any atom is -0.462 e. The number of Topliss-reactive ketones (excluding diaryl/α,β-unsaturated/α-hetero) is 1. The van der Waals surface area contributed by atoms with Crippen LogP contribution in [0, 0.1) is 17.0 Å². The van der Waals surface area contributed by atoms with Crippen LogP contribution in [-0.2, 0) is 15.9 Å². The van der Waals surface area contributed by atoms with E-state index >= 15 is 0 Å². The lowest BCUT2D eigenvalue weighted by atomic mass is 9.89. The molecule has 2 aromatic carbocycles. The van der Waals surface area contributed by atoms with Crippen LogP contribution in [0.3, 0.4) is 0 Å². The molecule has 11 heteroatoms. The number of nitro benzene ring substituents is 1. The normalized spacial score (nSPS) is 23.1. The highest BCUT2D eigenvalue weighted by molar-refractivity contribution is 5.98. The van der Waals surface area contributed by atoms with E-state index in [2.05, 4.69) is 0 Å². The maximum Gasteiger partial charge on any atom is 0.339 e. The van der Waals surface area contributed by atoms with Crippen molar-refractivity contribution in [2.24, 2.45) is 0 Å². The number of aliphatic hydroxyl groups excluding tert-OH is 2. The third-order valence-corrected chi connectivity index (χ3v) is 6.44. The lowest BCUT2D eigenvalue weighted by Gasteiger charge is -2.46. The third-order valence-electron chi connectivity index (χ3n) is 6.44. The zero-order valence-corrected chi connectivity index (χ0v) is 20.7. The molecule has 0 spiro atoms. The summed E-state index contributed by atoms with van der Waals surface area (Å²) in [6.45, 7) is 5.06. The number of fused-ring (bicyclic) bond motifs is 1. The Morgan fingerprint density at radius 1 is 1.16 bits per heavy atom. The van der Waals surface area contributed by atoms with Gasteiger partial charge in [0, 0.05) is 47.7 Å². The van der Waals surface area contributed by atoms with Crippen molar-refractivity contribution in [1.82, 2.24) is 0 Å². The second-order valence-corrected chi connectivity index (χ2v) is 9.42. The Morgan fingerprint density at radius 2 is 1.89 bits per heavy atom. The number of benzene rings is 2. The predicted octanol–water partition coefficient (Wildman–Crippen LogP) is 2.69. The first-order valence-corrected chi connectivity index (χ1v) is 11.5. The molecule has 3 aromatic rings. The standard InChI is InChI=1S/C26H27NO10/c1-13-19(35-25-21(30)20(29)23(34-4)26(2,3)37-25)9-8-15-10-16(24(31)36-22(13)15)12-18(28)14-6-5-7-17(11-14)27(32)33/h5-11,20-21,23,25,29-30H,12H2,1-4H3/t20-,21+,23+,25+/m0/s1. The maximum atomic E-state index is 12.7. The van der Waals surface area contributed by atoms with Crippen LogP contribution in [0.4, 0.5) is 5.69 Å². The predicted molar refractivity (Wildman–Crippen MR) is 131 cm³/mol. The molecule has 0 aliphatic carbocycles. The summed E-state index contributed by atoms with van der Waals surface area (Å²) >= 11 is 0. The minimum atomic E-state index is -1.40. The number of hydrogen-bond acceptors (Lipinski definition) is 10. The molecule has 0 saturated carbocycles.